The van der Waals surface area contributed by atoms with Crippen molar-refractivity contribution >= 4 is 29.2 Å². The van der Waals surface area contributed by atoms with Crippen LogP contribution in [0.4, 0.5) is 0 Å². The molecule has 0 fully saturated rings. The quantitative estimate of drug-likeness (QED) is 0.236. The fourth-order valence-electron chi connectivity index (χ4n) is 5.84. The minimum atomic E-state index is 0.926. The van der Waals surface area contributed by atoms with Gasteiger partial charge in [-0.1, -0.05) is 123 Å². The summed E-state index contributed by atoms with van der Waals surface area (Å²) in [6.45, 7) is 13.3. The number of H-pyrrole nitrogens is 1. The Morgan fingerprint density at radius 3 is 1.62 bits per heavy atom. The second-order valence-electron chi connectivity index (χ2n) is 11.0. The van der Waals surface area contributed by atoms with Gasteiger partial charge in [-0.3, -0.25) is 0 Å². The predicted molar refractivity (Wildman–Crippen MR) is 175 cm³/mol. The Labute approximate surface area is 239 Å². The van der Waals surface area contributed by atoms with E-state index in [9.17, 15) is 0 Å². The third-order valence-electron chi connectivity index (χ3n) is 7.73. The zero-order valence-electron chi connectivity index (χ0n) is 24.5. The molecule has 198 valence electrons. The van der Waals surface area contributed by atoms with Crippen LogP contribution in [0, 0.1) is 41.5 Å². The molecule has 0 bridgehead atoms. The van der Waals surface area contributed by atoms with Gasteiger partial charge in [0.1, 0.15) is 5.65 Å². The molecule has 0 unspecified atom stereocenters. The minimum absolute atomic E-state index is 0.926. The number of rotatable bonds is 4. The average Bonchev–Trinajstić information content (AvgIpc) is 3.37. The van der Waals surface area contributed by atoms with Gasteiger partial charge >= 0.3 is 0 Å². The van der Waals surface area contributed by atoms with Crippen LogP contribution >= 0.6 is 0 Å². The monoisotopic (exact) mass is 520 g/mol. The van der Waals surface area contributed by atoms with Crippen molar-refractivity contribution < 1.29 is 0 Å². The molecule has 0 radical (unpaired) electrons. The van der Waals surface area contributed by atoms with Crippen molar-refractivity contribution in [2.45, 2.75) is 41.5 Å². The average molecular weight is 521 g/mol. The molecule has 2 aromatic heterocycles. The Hall–Kier alpha value is -4.37. The molecule has 3 heteroatoms. The van der Waals surface area contributed by atoms with Gasteiger partial charge in [0.2, 0.25) is 0 Å². The molecule has 4 aromatic carbocycles. The van der Waals surface area contributed by atoms with E-state index in [1.807, 2.05) is 18.3 Å². The first kappa shape index (κ1) is 27.2. The molecule has 1 N–H and O–H groups in total. The van der Waals surface area contributed by atoms with Crippen LogP contribution in [0.3, 0.4) is 0 Å². The predicted octanol–water partition coefficient (Wildman–Crippen LogP) is 7.82. The Bertz CT molecular complexity index is 1650. The maximum absolute atomic E-state index is 4.37. The van der Waals surface area contributed by atoms with Crippen LogP contribution in [0.25, 0.3) is 33.4 Å². The summed E-state index contributed by atoms with van der Waals surface area (Å²) in [4.78, 5) is 7.79. The second kappa shape index (κ2) is 11.8. The number of hydrogen-bond acceptors (Lipinski definition) is 1. The number of nitrogens with zero attached hydrogens (tertiary/aromatic N) is 1. The van der Waals surface area contributed by atoms with Crippen molar-refractivity contribution in [2.75, 3.05) is 0 Å². The molecule has 6 aromatic rings. The van der Waals surface area contributed by atoms with E-state index < -0.39 is 0 Å². The topological polar surface area (TPSA) is 28.7 Å². The fraction of sp³-hybridized carbons (Fsp3) is 0.162. The van der Waals surface area contributed by atoms with Crippen molar-refractivity contribution in [1.29, 1.82) is 0 Å². The van der Waals surface area contributed by atoms with Crippen LogP contribution in [-0.2, 0) is 0 Å². The van der Waals surface area contributed by atoms with E-state index in [0.717, 1.165) is 24.0 Å². The van der Waals surface area contributed by atoms with Crippen molar-refractivity contribution in [3.8, 4) is 22.4 Å². The zero-order valence-corrected chi connectivity index (χ0v) is 24.5. The Balaban J connectivity index is 0.000000162. The number of fused-ring (bicyclic) bond motifs is 1. The molecule has 0 aliphatic heterocycles. The van der Waals surface area contributed by atoms with E-state index in [4.69, 9.17) is 0 Å². The maximum atomic E-state index is 4.37. The van der Waals surface area contributed by atoms with E-state index in [1.54, 1.807) is 0 Å². The summed E-state index contributed by atoms with van der Waals surface area (Å²) < 4.78 is 0. The molecule has 0 saturated heterocycles. The van der Waals surface area contributed by atoms with E-state index in [1.165, 1.54) is 61.0 Å². The number of hydrogen-bond donors (Lipinski definition) is 1. The van der Waals surface area contributed by atoms with Crippen LogP contribution in [0.5, 0.6) is 0 Å². The van der Waals surface area contributed by atoms with E-state index in [0.29, 0.717) is 0 Å². The Kier molecular flexibility index (Phi) is 8.02. The number of aryl methyl sites for hydroxylation is 6. The van der Waals surface area contributed by atoms with E-state index in [-0.39, 0.29) is 0 Å². The van der Waals surface area contributed by atoms with Crippen LogP contribution in [0.1, 0.15) is 33.4 Å². The number of pyridine rings is 1. The number of benzene rings is 4. The SMILES string of the molecule is Cc1cc(C)c(Bc2c(C)cc(C)cc2C)c(C)c1.c1ccc(-c2ccccc2-c2cc3cccnc3[nH]2)cc1. The van der Waals surface area contributed by atoms with Crippen molar-refractivity contribution in [2.24, 2.45) is 0 Å². The molecule has 0 atom stereocenters. The van der Waals surface area contributed by atoms with Crippen LogP contribution in [0.2, 0.25) is 0 Å². The largest absolute Gasteiger partial charge is 0.339 e. The molecular weight excluding hydrogens is 483 g/mol. The van der Waals surface area contributed by atoms with E-state index in [2.05, 4.69) is 136 Å². The van der Waals surface area contributed by atoms with Gasteiger partial charge in [0, 0.05) is 22.8 Å². The van der Waals surface area contributed by atoms with Gasteiger partial charge in [-0.05, 0) is 70.9 Å². The van der Waals surface area contributed by atoms with Gasteiger partial charge in [0.25, 0.3) is 0 Å². The molecular formula is C37H37BN2. The normalized spacial score (nSPS) is 10.8. The highest BCUT2D eigenvalue weighted by Crippen LogP contribution is 2.32. The molecule has 40 heavy (non-hydrogen) atoms. The fourth-order valence-corrected chi connectivity index (χ4v) is 5.84. The van der Waals surface area contributed by atoms with E-state index >= 15 is 0 Å². The third kappa shape index (κ3) is 5.94. The van der Waals surface area contributed by atoms with Crippen LogP contribution in [-0.4, -0.2) is 17.2 Å². The number of aromatic amines is 1. The third-order valence-corrected chi connectivity index (χ3v) is 7.73. The molecule has 0 aliphatic rings. The summed E-state index contributed by atoms with van der Waals surface area (Å²) in [5, 5.41) is 1.13. The highest BCUT2D eigenvalue weighted by atomic mass is 14.8. The summed E-state index contributed by atoms with van der Waals surface area (Å²) in [5.41, 5.74) is 17.0. The van der Waals surface area contributed by atoms with Crippen LogP contribution in [0.15, 0.2) is 103 Å². The molecule has 2 nitrogen and oxygen atoms in total. The second-order valence-corrected chi connectivity index (χ2v) is 11.0. The smallest absolute Gasteiger partial charge is 0.193 e. The molecule has 0 amide bonds. The number of aromatic nitrogens is 2. The summed E-state index contributed by atoms with van der Waals surface area (Å²) in [7, 11) is 1.05. The van der Waals surface area contributed by atoms with Crippen molar-refractivity contribution in [3.05, 3.63) is 137 Å². The standard InChI is InChI=1S/C19H14N2.C18H23B/c1-2-7-14(8-3-1)16-10-4-5-11-17(16)18-13-15-9-6-12-20-19(15)21-18;1-11-7-13(3)17(14(4)8-11)19-18-15(5)9-12(2)10-16(18)6/h1-13H,(H,20,21);7-10,19H,1-6H3. The lowest BCUT2D eigenvalue weighted by molar-refractivity contribution is 1.32. The first-order valence-corrected chi connectivity index (χ1v) is 14.0. The van der Waals surface area contributed by atoms with Gasteiger partial charge in [-0.2, -0.15) is 0 Å². The Morgan fingerprint density at radius 1 is 0.550 bits per heavy atom. The lowest BCUT2D eigenvalue weighted by Gasteiger charge is -2.15. The Morgan fingerprint density at radius 2 is 1.07 bits per heavy atom. The molecule has 0 saturated carbocycles. The summed E-state index contributed by atoms with van der Waals surface area (Å²) >= 11 is 0. The minimum Gasteiger partial charge on any atom is -0.339 e. The number of nitrogens with one attached hydrogen (secondary N) is 1. The highest BCUT2D eigenvalue weighted by Gasteiger charge is 2.12. The van der Waals surface area contributed by atoms with Gasteiger partial charge in [-0.15, -0.1) is 0 Å². The van der Waals surface area contributed by atoms with Gasteiger partial charge in [-0.25, -0.2) is 4.98 Å². The maximum Gasteiger partial charge on any atom is 0.193 e. The molecule has 0 aliphatic carbocycles. The van der Waals surface area contributed by atoms with Crippen molar-refractivity contribution in [3.63, 3.8) is 0 Å². The molecule has 6 rings (SSSR count). The molecule has 2 heterocycles. The summed E-state index contributed by atoms with van der Waals surface area (Å²) in [6.07, 6.45) is 1.81. The van der Waals surface area contributed by atoms with Gasteiger partial charge in [0.15, 0.2) is 7.28 Å². The highest BCUT2D eigenvalue weighted by molar-refractivity contribution is 6.69. The lowest BCUT2D eigenvalue weighted by atomic mass is 9.58. The summed E-state index contributed by atoms with van der Waals surface area (Å²) in [6, 6.07) is 34.3. The first-order chi connectivity index (χ1) is 19.3. The van der Waals surface area contributed by atoms with Gasteiger partial charge in [0.05, 0.1) is 0 Å². The van der Waals surface area contributed by atoms with Crippen LogP contribution < -0.4 is 10.9 Å². The van der Waals surface area contributed by atoms with Gasteiger partial charge < -0.3 is 4.98 Å². The molecule has 0 spiro atoms. The lowest BCUT2D eigenvalue weighted by Crippen LogP contribution is -2.34. The first-order valence-electron chi connectivity index (χ1n) is 14.0. The summed E-state index contributed by atoms with van der Waals surface area (Å²) in [5.74, 6) is 0. The zero-order chi connectivity index (χ0) is 28.2. The van der Waals surface area contributed by atoms with Crippen molar-refractivity contribution in [1.82, 2.24) is 9.97 Å².